The van der Waals surface area contributed by atoms with Crippen LogP contribution in [0.3, 0.4) is 0 Å². The molecule has 5 nitrogen and oxygen atoms in total. The van der Waals surface area contributed by atoms with E-state index in [9.17, 15) is 9.18 Å². The molecule has 4 rings (SSSR count). The number of thiazole rings is 1. The van der Waals surface area contributed by atoms with Gasteiger partial charge in [-0.1, -0.05) is 0 Å². The van der Waals surface area contributed by atoms with Crippen molar-refractivity contribution in [3.8, 4) is 17.0 Å². The van der Waals surface area contributed by atoms with Crippen molar-refractivity contribution in [2.45, 2.75) is 12.8 Å². The number of aromatic amines is 1. The molecule has 142 valence electrons. The van der Waals surface area contributed by atoms with E-state index in [-0.39, 0.29) is 18.1 Å². The monoisotopic (exact) mass is 395 g/mol. The summed E-state index contributed by atoms with van der Waals surface area (Å²) < 4.78 is 19.1. The molecule has 2 N–H and O–H groups in total. The Hall–Kier alpha value is -3.19. The van der Waals surface area contributed by atoms with Gasteiger partial charge in [0.2, 0.25) is 5.91 Å². The van der Waals surface area contributed by atoms with E-state index in [1.165, 1.54) is 23.5 Å². The molecule has 28 heavy (non-hydrogen) atoms. The summed E-state index contributed by atoms with van der Waals surface area (Å²) in [7, 11) is 1.62. The summed E-state index contributed by atoms with van der Waals surface area (Å²) in [6.45, 7) is 0. The third-order valence-corrected chi connectivity index (χ3v) is 5.22. The van der Waals surface area contributed by atoms with Crippen LogP contribution in [0, 0.1) is 5.82 Å². The number of ether oxygens (including phenoxy) is 1. The summed E-state index contributed by atoms with van der Waals surface area (Å²) >= 11 is 1.37. The number of rotatable bonds is 6. The van der Waals surface area contributed by atoms with Gasteiger partial charge in [0.1, 0.15) is 11.6 Å². The lowest BCUT2D eigenvalue weighted by molar-refractivity contribution is -0.116. The first-order valence-corrected chi connectivity index (χ1v) is 9.66. The van der Waals surface area contributed by atoms with Crippen LogP contribution in [0.25, 0.3) is 22.2 Å². The number of halogens is 1. The molecule has 0 radical (unpaired) electrons. The number of aryl methyl sites for hydroxylation is 1. The van der Waals surface area contributed by atoms with E-state index in [0.717, 1.165) is 33.5 Å². The Kier molecular flexibility index (Phi) is 5.08. The van der Waals surface area contributed by atoms with Gasteiger partial charge in [0, 0.05) is 34.6 Å². The number of carbonyl (C=O) groups excluding carboxylic acids is 1. The number of nitrogens with one attached hydrogen (secondary N) is 2. The molecule has 0 saturated heterocycles. The van der Waals surface area contributed by atoms with E-state index in [0.29, 0.717) is 11.6 Å². The van der Waals surface area contributed by atoms with Gasteiger partial charge in [-0.2, -0.15) is 0 Å². The van der Waals surface area contributed by atoms with Gasteiger partial charge in [0.15, 0.2) is 5.13 Å². The minimum atomic E-state index is -0.304. The fourth-order valence-electron chi connectivity index (χ4n) is 3.19. The fourth-order valence-corrected chi connectivity index (χ4v) is 3.73. The van der Waals surface area contributed by atoms with Crippen molar-refractivity contribution in [1.29, 1.82) is 0 Å². The number of benzene rings is 2. The molecule has 2 aromatic heterocycles. The highest BCUT2D eigenvalue weighted by Gasteiger charge is 2.16. The summed E-state index contributed by atoms with van der Waals surface area (Å²) in [5.41, 5.74) is 3.58. The Morgan fingerprint density at radius 1 is 1.25 bits per heavy atom. The largest absolute Gasteiger partial charge is 0.497 e. The molecule has 0 aliphatic heterocycles. The Labute approximate surface area is 165 Å². The van der Waals surface area contributed by atoms with Gasteiger partial charge in [0.05, 0.1) is 7.11 Å². The molecule has 0 bridgehead atoms. The SMILES string of the molecule is COc1ccc(-c2[nH]c3ccc(F)cc3c2CCC(=O)Nc2nccs2)cc1. The van der Waals surface area contributed by atoms with Crippen LogP contribution in [-0.4, -0.2) is 23.0 Å². The number of fused-ring (bicyclic) bond motifs is 1. The molecule has 0 spiro atoms. The highest BCUT2D eigenvalue weighted by Crippen LogP contribution is 2.32. The van der Waals surface area contributed by atoms with E-state index in [1.54, 1.807) is 24.8 Å². The van der Waals surface area contributed by atoms with E-state index in [2.05, 4.69) is 15.3 Å². The molecule has 0 unspecified atom stereocenters. The van der Waals surface area contributed by atoms with Gasteiger partial charge < -0.3 is 15.0 Å². The first-order valence-electron chi connectivity index (χ1n) is 8.78. The summed E-state index contributed by atoms with van der Waals surface area (Å²) in [5.74, 6) is 0.331. The van der Waals surface area contributed by atoms with E-state index < -0.39 is 0 Å². The number of carbonyl (C=O) groups is 1. The Balaban J connectivity index is 1.66. The van der Waals surface area contributed by atoms with Crippen LogP contribution in [-0.2, 0) is 11.2 Å². The normalized spacial score (nSPS) is 10.9. The zero-order chi connectivity index (χ0) is 19.5. The zero-order valence-corrected chi connectivity index (χ0v) is 16.0. The van der Waals surface area contributed by atoms with Gasteiger partial charge in [-0.25, -0.2) is 9.37 Å². The zero-order valence-electron chi connectivity index (χ0n) is 15.2. The second-order valence-electron chi connectivity index (χ2n) is 6.28. The van der Waals surface area contributed by atoms with Crippen LogP contribution in [0.1, 0.15) is 12.0 Å². The molecule has 7 heteroatoms. The highest BCUT2D eigenvalue weighted by molar-refractivity contribution is 7.13. The van der Waals surface area contributed by atoms with Gasteiger partial charge in [-0.05, 0) is 60.0 Å². The lowest BCUT2D eigenvalue weighted by atomic mass is 10.0. The molecule has 0 fully saturated rings. The quantitative estimate of drug-likeness (QED) is 0.482. The summed E-state index contributed by atoms with van der Waals surface area (Å²) in [4.78, 5) is 19.7. The van der Waals surface area contributed by atoms with Crippen molar-refractivity contribution >= 4 is 33.3 Å². The topological polar surface area (TPSA) is 67.0 Å². The van der Waals surface area contributed by atoms with E-state index >= 15 is 0 Å². The number of hydrogen-bond acceptors (Lipinski definition) is 4. The Morgan fingerprint density at radius 3 is 2.79 bits per heavy atom. The molecular formula is C21H18FN3O2S. The average molecular weight is 395 g/mol. The molecule has 0 atom stereocenters. The minimum absolute atomic E-state index is 0.124. The van der Waals surface area contributed by atoms with Crippen molar-refractivity contribution in [3.05, 3.63) is 65.4 Å². The fraction of sp³-hybridized carbons (Fsp3) is 0.143. The van der Waals surface area contributed by atoms with Crippen LogP contribution >= 0.6 is 11.3 Å². The lowest BCUT2D eigenvalue weighted by Gasteiger charge is -2.07. The van der Waals surface area contributed by atoms with E-state index in [4.69, 9.17) is 4.74 Å². The predicted molar refractivity (Wildman–Crippen MR) is 109 cm³/mol. The molecule has 4 aromatic rings. The number of H-pyrrole nitrogens is 1. The van der Waals surface area contributed by atoms with Crippen LogP contribution in [0.2, 0.25) is 0 Å². The van der Waals surface area contributed by atoms with Crippen LogP contribution < -0.4 is 10.1 Å². The number of nitrogens with zero attached hydrogens (tertiary/aromatic N) is 1. The number of amides is 1. The van der Waals surface area contributed by atoms with Crippen LogP contribution in [0.4, 0.5) is 9.52 Å². The number of aromatic nitrogens is 2. The predicted octanol–water partition coefficient (Wildman–Crippen LogP) is 5.01. The third kappa shape index (κ3) is 3.75. The summed E-state index contributed by atoms with van der Waals surface area (Å²) in [6, 6.07) is 12.3. The first-order chi connectivity index (χ1) is 13.6. The molecule has 2 aromatic carbocycles. The van der Waals surface area contributed by atoms with Crippen molar-refractivity contribution < 1.29 is 13.9 Å². The summed E-state index contributed by atoms with van der Waals surface area (Å²) in [5, 5.41) is 5.95. The molecule has 0 aliphatic rings. The standard InChI is InChI=1S/C21H18FN3O2S/c1-27-15-5-2-13(3-6-15)20-16(17-12-14(22)4-8-18(17)24-20)7-9-19(26)25-21-23-10-11-28-21/h2-6,8,10-12,24H,7,9H2,1H3,(H,23,25,26). The third-order valence-electron chi connectivity index (χ3n) is 4.53. The minimum Gasteiger partial charge on any atom is -0.497 e. The maximum Gasteiger partial charge on any atom is 0.226 e. The summed E-state index contributed by atoms with van der Waals surface area (Å²) in [6.07, 6.45) is 2.39. The molecule has 0 saturated carbocycles. The second-order valence-corrected chi connectivity index (χ2v) is 7.18. The molecule has 2 heterocycles. The van der Waals surface area contributed by atoms with Gasteiger partial charge in [-0.15, -0.1) is 11.3 Å². The lowest BCUT2D eigenvalue weighted by Crippen LogP contribution is -2.12. The highest BCUT2D eigenvalue weighted by atomic mass is 32.1. The van der Waals surface area contributed by atoms with Crippen molar-refractivity contribution in [2.75, 3.05) is 12.4 Å². The van der Waals surface area contributed by atoms with Gasteiger partial charge in [0.25, 0.3) is 0 Å². The van der Waals surface area contributed by atoms with Gasteiger partial charge in [-0.3, -0.25) is 4.79 Å². The number of methoxy groups -OCH3 is 1. The number of hydrogen-bond donors (Lipinski definition) is 2. The molecule has 0 aliphatic carbocycles. The van der Waals surface area contributed by atoms with Crippen molar-refractivity contribution in [2.24, 2.45) is 0 Å². The van der Waals surface area contributed by atoms with Gasteiger partial charge >= 0.3 is 0 Å². The Bertz CT molecular complexity index is 1100. The number of anilines is 1. The van der Waals surface area contributed by atoms with Crippen LogP contribution in [0.15, 0.2) is 54.0 Å². The average Bonchev–Trinajstić information content (AvgIpc) is 3.34. The maximum atomic E-state index is 13.9. The van der Waals surface area contributed by atoms with Crippen molar-refractivity contribution in [1.82, 2.24) is 9.97 Å². The second kappa shape index (κ2) is 7.82. The molecular weight excluding hydrogens is 377 g/mol. The van der Waals surface area contributed by atoms with E-state index in [1.807, 2.05) is 24.3 Å². The van der Waals surface area contributed by atoms with Crippen LogP contribution in [0.5, 0.6) is 5.75 Å². The maximum absolute atomic E-state index is 13.9. The molecule has 1 amide bonds. The van der Waals surface area contributed by atoms with Crippen molar-refractivity contribution in [3.63, 3.8) is 0 Å². The first kappa shape index (κ1) is 18.2. The Morgan fingerprint density at radius 2 is 2.07 bits per heavy atom. The smallest absolute Gasteiger partial charge is 0.226 e.